The molecule has 1 aliphatic rings. The summed E-state index contributed by atoms with van der Waals surface area (Å²) in [6.45, 7) is 3.63. The molecule has 28 heavy (non-hydrogen) atoms. The number of hydrogen-bond donors (Lipinski definition) is 1. The van der Waals surface area contributed by atoms with Gasteiger partial charge in [-0.15, -0.1) is 0 Å². The van der Waals surface area contributed by atoms with Gasteiger partial charge in [-0.05, 0) is 67.9 Å². The third-order valence-corrected chi connectivity index (χ3v) is 7.95. The number of aliphatic carboxylic acids is 1. The molecule has 6 nitrogen and oxygen atoms in total. The quantitative estimate of drug-likeness (QED) is 0.759. The lowest BCUT2D eigenvalue weighted by molar-refractivity contribution is -0.141. The summed E-state index contributed by atoms with van der Waals surface area (Å²) in [5.74, 6) is -0.273. The second-order valence-corrected chi connectivity index (χ2v) is 9.46. The van der Waals surface area contributed by atoms with Gasteiger partial charge in [0.15, 0.2) is 14.6 Å². The first-order chi connectivity index (χ1) is 13.3. The van der Waals surface area contributed by atoms with Crippen molar-refractivity contribution in [1.29, 1.82) is 0 Å². The molecule has 0 spiro atoms. The van der Waals surface area contributed by atoms with Crippen molar-refractivity contribution in [1.82, 2.24) is 4.90 Å². The lowest BCUT2D eigenvalue weighted by atomic mass is 9.96. The maximum absolute atomic E-state index is 13.2. The number of ether oxygens (including phenoxy) is 1. The van der Waals surface area contributed by atoms with Gasteiger partial charge in [0.2, 0.25) is 0 Å². The number of sulfone groups is 1. The average molecular weight is 424 g/mol. The number of hydrogen-bond acceptors (Lipinski definition) is 5. The van der Waals surface area contributed by atoms with Crippen LogP contribution in [0.4, 0.5) is 0 Å². The molecule has 2 aromatic carbocycles. The van der Waals surface area contributed by atoms with Crippen molar-refractivity contribution in [2.45, 2.75) is 29.4 Å². The van der Waals surface area contributed by atoms with Gasteiger partial charge in [-0.3, -0.25) is 4.79 Å². The van der Waals surface area contributed by atoms with Gasteiger partial charge in [0.05, 0.1) is 4.90 Å². The highest BCUT2D eigenvalue weighted by atomic mass is 35.5. The molecule has 0 saturated carbocycles. The zero-order valence-corrected chi connectivity index (χ0v) is 17.0. The van der Waals surface area contributed by atoms with E-state index in [0.717, 1.165) is 6.54 Å². The van der Waals surface area contributed by atoms with E-state index in [9.17, 15) is 18.3 Å². The van der Waals surface area contributed by atoms with E-state index in [0.29, 0.717) is 29.6 Å². The van der Waals surface area contributed by atoms with Crippen LogP contribution in [0.1, 0.15) is 19.8 Å². The van der Waals surface area contributed by atoms with Crippen LogP contribution in [0.15, 0.2) is 53.4 Å². The van der Waals surface area contributed by atoms with Crippen LogP contribution in [0.25, 0.3) is 0 Å². The Hall–Kier alpha value is -2.09. The number of benzene rings is 2. The molecule has 0 aromatic heterocycles. The minimum atomic E-state index is -4.05. The Labute approximate surface area is 169 Å². The molecule has 0 radical (unpaired) electrons. The van der Waals surface area contributed by atoms with E-state index in [-0.39, 0.29) is 17.7 Å². The van der Waals surface area contributed by atoms with Gasteiger partial charge in [0, 0.05) is 18.1 Å². The van der Waals surface area contributed by atoms with Crippen LogP contribution in [-0.4, -0.2) is 48.8 Å². The fourth-order valence-corrected chi connectivity index (χ4v) is 5.40. The highest BCUT2D eigenvalue weighted by Gasteiger charge is 2.53. The highest BCUT2D eigenvalue weighted by molar-refractivity contribution is 7.93. The molecule has 0 atom stereocenters. The monoisotopic (exact) mass is 423 g/mol. The molecular formula is C20H22ClNO5S. The third-order valence-electron chi connectivity index (χ3n) is 5.20. The molecule has 1 fully saturated rings. The minimum absolute atomic E-state index is 0.0108. The maximum Gasteiger partial charge on any atom is 0.325 e. The Morgan fingerprint density at radius 2 is 1.57 bits per heavy atom. The number of carboxylic acid groups (broad SMARTS) is 1. The number of halogens is 1. The van der Waals surface area contributed by atoms with E-state index in [1.165, 1.54) is 24.3 Å². The van der Waals surface area contributed by atoms with Crippen molar-refractivity contribution >= 4 is 27.4 Å². The third kappa shape index (κ3) is 3.87. The van der Waals surface area contributed by atoms with Gasteiger partial charge in [-0.25, -0.2) is 8.42 Å². The summed E-state index contributed by atoms with van der Waals surface area (Å²) in [6.07, 6.45) is 0.142. The Bertz CT molecular complexity index is 934. The van der Waals surface area contributed by atoms with E-state index >= 15 is 0 Å². The van der Waals surface area contributed by atoms with Gasteiger partial charge in [0.25, 0.3) is 0 Å². The van der Waals surface area contributed by atoms with E-state index < -0.39 is 20.6 Å². The fraction of sp³-hybridized carbons (Fsp3) is 0.350. The second-order valence-electron chi connectivity index (χ2n) is 6.76. The largest absolute Gasteiger partial charge is 0.480 e. The van der Waals surface area contributed by atoms with Gasteiger partial charge >= 0.3 is 5.97 Å². The molecule has 0 amide bonds. The van der Waals surface area contributed by atoms with Gasteiger partial charge < -0.3 is 14.7 Å². The number of carboxylic acids is 1. The van der Waals surface area contributed by atoms with Crippen molar-refractivity contribution in [3.63, 3.8) is 0 Å². The molecule has 0 bridgehead atoms. The van der Waals surface area contributed by atoms with Crippen molar-refractivity contribution in [2.75, 3.05) is 19.6 Å². The molecular weight excluding hydrogens is 402 g/mol. The lowest BCUT2D eigenvalue weighted by Crippen LogP contribution is -2.54. The van der Waals surface area contributed by atoms with Crippen LogP contribution >= 0.6 is 11.6 Å². The van der Waals surface area contributed by atoms with Crippen molar-refractivity contribution in [2.24, 2.45) is 0 Å². The van der Waals surface area contributed by atoms with Crippen LogP contribution in [0.5, 0.6) is 11.5 Å². The van der Waals surface area contributed by atoms with Gasteiger partial charge in [-0.1, -0.05) is 18.5 Å². The van der Waals surface area contributed by atoms with Crippen LogP contribution in [0, 0.1) is 0 Å². The normalized spacial score (nSPS) is 17.2. The first kappa shape index (κ1) is 20.6. The summed E-state index contributed by atoms with van der Waals surface area (Å²) >= 11 is 5.84. The Balaban J connectivity index is 1.84. The maximum atomic E-state index is 13.2. The summed E-state index contributed by atoms with van der Waals surface area (Å²) in [4.78, 5) is 14.0. The fourth-order valence-electron chi connectivity index (χ4n) is 3.38. The molecule has 1 heterocycles. The average Bonchev–Trinajstić information content (AvgIpc) is 2.70. The first-order valence-corrected chi connectivity index (χ1v) is 10.9. The number of nitrogens with zero attached hydrogens (tertiary/aromatic N) is 1. The Morgan fingerprint density at radius 3 is 2.04 bits per heavy atom. The van der Waals surface area contributed by atoms with Crippen molar-refractivity contribution in [3.8, 4) is 11.5 Å². The predicted molar refractivity (Wildman–Crippen MR) is 107 cm³/mol. The molecule has 0 unspecified atom stereocenters. The van der Waals surface area contributed by atoms with Crippen LogP contribution in [0.3, 0.4) is 0 Å². The Kier molecular flexibility index (Phi) is 5.98. The summed E-state index contributed by atoms with van der Waals surface area (Å²) in [7, 11) is -4.05. The van der Waals surface area contributed by atoms with Gasteiger partial charge in [-0.2, -0.15) is 0 Å². The van der Waals surface area contributed by atoms with Crippen LogP contribution in [-0.2, 0) is 14.6 Å². The standard InChI is InChI=1S/C20H22ClNO5S/c1-2-22-13-11-20(12-14-22,19(23)24)28(25,26)18-9-7-17(8-10-18)27-16-5-3-15(21)4-6-16/h3-10H,2,11-14H2,1H3,(H,23,24). The summed E-state index contributed by atoms with van der Waals surface area (Å²) in [5, 5.41) is 10.4. The number of likely N-dealkylation sites (tertiary alicyclic amines) is 1. The molecule has 8 heteroatoms. The zero-order valence-electron chi connectivity index (χ0n) is 15.5. The lowest BCUT2D eigenvalue weighted by Gasteiger charge is -2.37. The van der Waals surface area contributed by atoms with Crippen LogP contribution in [0.2, 0.25) is 5.02 Å². The molecule has 1 aliphatic heterocycles. The smallest absolute Gasteiger partial charge is 0.325 e. The molecule has 1 N–H and O–H groups in total. The molecule has 2 aromatic rings. The van der Waals surface area contributed by atoms with E-state index in [4.69, 9.17) is 16.3 Å². The first-order valence-electron chi connectivity index (χ1n) is 9.02. The molecule has 150 valence electrons. The molecule has 1 saturated heterocycles. The van der Waals surface area contributed by atoms with E-state index in [2.05, 4.69) is 4.90 Å². The summed E-state index contributed by atoms with van der Waals surface area (Å²) < 4.78 is 30.3. The topological polar surface area (TPSA) is 83.9 Å². The number of carbonyl (C=O) groups is 1. The summed E-state index contributed by atoms with van der Waals surface area (Å²) in [5.41, 5.74) is 0. The van der Waals surface area contributed by atoms with Gasteiger partial charge in [0.1, 0.15) is 11.5 Å². The van der Waals surface area contributed by atoms with E-state index in [1.807, 2.05) is 6.92 Å². The van der Waals surface area contributed by atoms with Crippen molar-refractivity contribution < 1.29 is 23.1 Å². The molecule has 0 aliphatic carbocycles. The number of piperidine rings is 1. The molecule has 3 rings (SSSR count). The highest BCUT2D eigenvalue weighted by Crippen LogP contribution is 2.36. The zero-order chi connectivity index (χ0) is 20.4. The second kappa shape index (κ2) is 8.11. The summed E-state index contributed by atoms with van der Waals surface area (Å²) in [6, 6.07) is 12.6. The minimum Gasteiger partial charge on any atom is -0.480 e. The predicted octanol–water partition coefficient (Wildman–Crippen LogP) is 3.85. The van der Waals surface area contributed by atoms with Crippen LogP contribution < -0.4 is 4.74 Å². The number of rotatable bonds is 6. The Morgan fingerprint density at radius 1 is 1.07 bits per heavy atom. The van der Waals surface area contributed by atoms with E-state index in [1.54, 1.807) is 24.3 Å². The SMILES string of the molecule is CCN1CCC(C(=O)O)(S(=O)(=O)c2ccc(Oc3ccc(Cl)cc3)cc2)CC1. The van der Waals surface area contributed by atoms with Crippen molar-refractivity contribution in [3.05, 3.63) is 53.6 Å².